The van der Waals surface area contributed by atoms with Crippen molar-refractivity contribution in [3.63, 3.8) is 0 Å². The normalized spacial score (nSPS) is 11.2. The van der Waals surface area contributed by atoms with Crippen molar-refractivity contribution in [1.82, 2.24) is 14.9 Å². The molecule has 0 spiro atoms. The number of oxazole rings is 1. The Labute approximate surface area is 145 Å². The molecule has 0 amide bonds. The second-order valence-electron chi connectivity index (χ2n) is 5.80. The Morgan fingerprint density at radius 1 is 1.08 bits per heavy atom. The number of hydrogen-bond acceptors (Lipinski definition) is 4. The highest BCUT2D eigenvalue weighted by Gasteiger charge is 2.17. The van der Waals surface area contributed by atoms with Gasteiger partial charge in [-0.15, -0.1) is 0 Å². The van der Waals surface area contributed by atoms with E-state index in [2.05, 4.69) is 21.8 Å². The maximum absolute atomic E-state index is 13.9. The van der Waals surface area contributed by atoms with E-state index < -0.39 is 11.6 Å². The summed E-state index contributed by atoms with van der Waals surface area (Å²) in [7, 11) is 0. The second-order valence-corrected chi connectivity index (χ2v) is 5.80. The molecule has 3 rings (SSSR count). The second kappa shape index (κ2) is 7.53. The van der Waals surface area contributed by atoms with Crippen LogP contribution in [0.4, 0.5) is 8.78 Å². The molecule has 130 valence electrons. The standard InChI is InChI=1S/C19H19F2N3O/c1-3-24(11-14-6-8-22-9-7-14)12-18-13(2)25-19(23-18)16-5-4-15(20)10-17(16)21/h4-10H,3,11-12H2,1-2H3. The lowest BCUT2D eigenvalue weighted by Gasteiger charge is -2.19. The zero-order chi connectivity index (χ0) is 17.8. The summed E-state index contributed by atoms with van der Waals surface area (Å²) in [5.74, 6) is -0.506. The van der Waals surface area contributed by atoms with Gasteiger partial charge in [-0.25, -0.2) is 13.8 Å². The fourth-order valence-electron chi connectivity index (χ4n) is 2.59. The molecule has 2 heterocycles. The van der Waals surface area contributed by atoms with Crippen LogP contribution < -0.4 is 0 Å². The molecule has 0 atom stereocenters. The van der Waals surface area contributed by atoms with Crippen molar-refractivity contribution in [2.45, 2.75) is 26.9 Å². The summed E-state index contributed by atoms with van der Waals surface area (Å²) in [6.07, 6.45) is 3.53. The van der Waals surface area contributed by atoms with Gasteiger partial charge in [-0.05, 0) is 43.3 Å². The minimum absolute atomic E-state index is 0.160. The van der Waals surface area contributed by atoms with Crippen molar-refractivity contribution in [3.05, 3.63) is 71.4 Å². The van der Waals surface area contributed by atoms with Gasteiger partial charge >= 0.3 is 0 Å². The van der Waals surface area contributed by atoms with Crippen LogP contribution in [-0.2, 0) is 13.1 Å². The van der Waals surface area contributed by atoms with E-state index in [4.69, 9.17) is 4.42 Å². The number of nitrogens with zero attached hydrogens (tertiary/aromatic N) is 3. The molecule has 0 N–H and O–H groups in total. The smallest absolute Gasteiger partial charge is 0.229 e. The van der Waals surface area contributed by atoms with E-state index in [1.807, 2.05) is 12.1 Å². The van der Waals surface area contributed by atoms with Gasteiger partial charge in [0.25, 0.3) is 0 Å². The first-order chi connectivity index (χ1) is 12.1. The van der Waals surface area contributed by atoms with Crippen molar-refractivity contribution >= 4 is 0 Å². The molecule has 0 saturated carbocycles. The fourth-order valence-corrected chi connectivity index (χ4v) is 2.59. The number of hydrogen-bond donors (Lipinski definition) is 0. The van der Waals surface area contributed by atoms with E-state index in [1.54, 1.807) is 19.3 Å². The molecule has 25 heavy (non-hydrogen) atoms. The van der Waals surface area contributed by atoms with Crippen molar-refractivity contribution in [2.24, 2.45) is 0 Å². The number of halogens is 2. The maximum atomic E-state index is 13.9. The van der Waals surface area contributed by atoms with E-state index in [1.165, 1.54) is 12.1 Å². The Kier molecular flexibility index (Phi) is 5.19. The predicted molar refractivity (Wildman–Crippen MR) is 90.6 cm³/mol. The first-order valence-electron chi connectivity index (χ1n) is 8.09. The molecule has 1 aromatic carbocycles. The Bertz CT molecular complexity index is 849. The van der Waals surface area contributed by atoms with Crippen LogP contribution in [0.5, 0.6) is 0 Å². The van der Waals surface area contributed by atoms with Crippen LogP contribution in [0.25, 0.3) is 11.5 Å². The summed E-state index contributed by atoms with van der Waals surface area (Å²) in [5, 5.41) is 0. The van der Waals surface area contributed by atoms with E-state index in [-0.39, 0.29) is 11.5 Å². The molecule has 3 aromatic rings. The summed E-state index contributed by atoms with van der Waals surface area (Å²) >= 11 is 0. The molecule has 4 nitrogen and oxygen atoms in total. The lowest BCUT2D eigenvalue weighted by Crippen LogP contribution is -2.22. The van der Waals surface area contributed by atoms with Gasteiger partial charge < -0.3 is 4.42 Å². The van der Waals surface area contributed by atoms with Crippen LogP contribution in [0.15, 0.2) is 47.1 Å². The molecule has 6 heteroatoms. The lowest BCUT2D eigenvalue weighted by molar-refractivity contribution is 0.267. The monoisotopic (exact) mass is 343 g/mol. The number of rotatable bonds is 6. The van der Waals surface area contributed by atoms with Gasteiger partial charge in [0.2, 0.25) is 5.89 Å². The van der Waals surface area contributed by atoms with Crippen molar-refractivity contribution in [2.75, 3.05) is 6.54 Å². The van der Waals surface area contributed by atoms with Crippen LogP contribution >= 0.6 is 0 Å². The number of pyridine rings is 1. The zero-order valence-corrected chi connectivity index (χ0v) is 14.2. The van der Waals surface area contributed by atoms with Crippen LogP contribution in [0.2, 0.25) is 0 Å². The lowest BCUT2D eigenvalue weighted by atomic mass is 10.2. The van der Waals surface area contributed by atoms with Gasteiger partial charge in [-0.3, -0.25) is 9.88 Å². The van der Waals surface area contributed by atoms with E-state index in [9.17, 15) is 8.78 Å². The van der Waals surface area contributed by atoms with Crippen LogP contribution in [0.1, 0.15) is 23.9 Å². The summed E-state index contributed by atoms with van der Waals surface area (Å²) < 4.78 is 32.6. The van der Waals surface area contributed by atoms with Gasteiger partial charge in [0.15, 0.2) is 0 Å². The average molecular weight is 343 g/mol. The molecule has 0 unspecified atom stereocenters. The first-order valence-corrected chi connectivity index (χ1v) is 8.09. The van der Waals surface area contributed by atoms with Gasteiger partial charge in [0.05, 0.1) is 11.3 Å². The van der Waals surface area contributed by atoms with Gasteiger partial charge in [-0.2, -0.15) is 0 Å². The van der Waals surface area contributed by atoms with E-state index in [0.29, 0.717) is 12.3 Å². The highest BCUT2D eigenvalue weighted by Crippen LogP contribution is 2.25. The molecule has 0 aliphatic heterocycles. The Morgan fingerprint density at radius 2 is 1.84 bits per heavy atom. The zero-order valence-electron chi connectivity index (χ0n) is 14.2. The summed E-state index contributed by atoms with van der Waals surface area (Å²) in [5.41, 5.74) is 2.06. The first kappa shape index (κ1) is 17.2. The highest BCUT2D eigenvalue weighted by molar-refractivity contribution is 5.54. The molecular weight excluding hydrogens is 324 g/mol. The van der Waals surface area contributed by atoms with Crippen LogP contribution in [-0.4, -0.2) is 21.4 Å². The van der Waals surface area contributed by atoms with Gasteiger partial charge in [0, 0.05) is 31.5 Å². The maximum Gasteiger partial charge on any atom is 0.229 e. The fraction of sp³-hybridized carbons (Fsp3) is 0.263. The predicted octanol–water partition coefficient (Wildman–Crippen LogP) is 4.35. The molecule has 0 aliphatic carbocycles. The molecule has 0 fully saturated rings. The summed E-state index contributed by atoms with van der Waals surface area (Å²) in [4.78, 5) is 10.6. The Balaban J connectivity index is 1.79. The number of benzene rings is 1. The molecule has 0 bridgehead atoms. The molecular formula is C19H19F2N3O. The molecule has 0 radical (unpaired) electrons. The van der Waals surface area contributed by atoms with Gasteiger partial charge in [-0.1, -0.05) is 6.92 Å². The quantitative estimate of drug-likeness (QED) is 0.667. The SMILES string of the molecule is CCN(Cc1ccncc1)Cc1nc(-c2ccc(F)cc2F)oc1C. The highest BCUT2D eigenvalue weighted by atomic mass is 19.1. The minimum Gasteiger partial charge on any atom is -0.441 e. The van der Waals surface area contributed by atoms with Gasteiger partial charge in [0.1, 0.15) is 17.4 Å². The Morgan fingerprint density at radius 3 is 2.52 bits per heavy atom. The third kappa shape index (κ3) is 4.09. The third-order valence-corrected chi connectivity index (χ3v) is 4.03. The van der Waals surface area contributed by atoms with Crippen molar-refractivity contribution in [3.8, 4) is 11.5 Å². The minimum atomic E-state index is -0.683. The molecule has 0 aliphatic rings. The van der Waals surface area contributed by atoms with Crippen molar-refractivity contribution in [1.29, 1.82) is 0 Å². The summed E-state index contributed by atoms with van der Waals surface area (Å²) in [6.45, 7) is 6.03. The van der Waals surface area contributed by atoms with E-state index >= 15 is 0 Å². The third-order valence-electron chi connectivity index (χ3n) is 4.03. The average Bonchev–Trinajstić information content (AvgIpc) is 2.95. The number of aryl methyl sites for hydroxylation is 1. The Hall–Kier alpha value is -2.60. The number of aromatic nitrogens is 2. The molecule has 0 saturated heterocycles. The largest absolute Gasteiger partial charge is 0.441 e. The topological polar surface area (TPSA) is 42.2 Å². The van der Waals surface area contributed by atoms with Crippen LogP contribution in [0, 0.1) is 18.6 Å². The molecule has 2 aromatic heterocycles. The van der Waals surface area contributed by atoms with Crippen molar-refractivity contribution < 1.29 is 13.2 Å². The van der Waals surface area contributed by atoms with Crippen LogP contribution in [0.3, 0.4) is 0 Å². The summed E-state index contributed by atoms with van der Waals surface area (Å²) in [6, 6.07) is 7.30. The van der Waals surface area contributed by atoms with E-state index in [0.717, 1.165) is 30.4 Å².